The molecule has 0 fully saturated rings. The number of imidazole rings is 1. The van der Waals surface area contributed by atoms with Crippen molar-refractivity contribution in [1.29, 1.82) is 0 Å². The fraction of sp³-hybridized carbons (Fsp3) is 0.125. The first kappa shape index (κ1) is 15.9. The molecule has 0 unspecified atom stereocenters. The third-order valence-electron chi connectivity index (χ3n) is 3.47. The molecule has 0 bridgehead atoms. The van der Waals surface area contributed by atoms with Crippen LogP contribution in [-0.2, 0) is 17.4 Å². The van der Waals surface area contributed by atoms with E-state index in [0.717, 1.165) is 12.1 Å². The maximum atomic E-state index is 12.5. The molecular weight excluding hydrogens is 323 g/mol. The van der Waals surface area contributed by atoms with Crippen LogP contribution in [0.2, 0.25) is 0 Å². The van der Waals surface area contributed by atoms with Crippen molar-refractivity contribution in [1.82, 2.24) is 9.97 Å². The molecule has 1 heterocycles. The number of rotatable bonds is 3. The van der Waals surface area contributed by atoms with Crippen LogP contribution in [0.25, 0.3) is 11.0 Å². The fourth-order valence-electron chi connectivity index (χ4n) is 2.35. The maximum absolute atomic E-state index is 12.5. The highest BCUT2D eigenvalue weighted by Gasteiger charge is 2.29. The van der Waals surface area contributed by atoms with Crippen LogP contribution in [0.15, 0.2) is 47.3 Å². The minimum absolute atomic E-state index is 0.0802. The van der Waals surface area contributed by atoms with Gasteiger partial charge in [-0.15, -0.1) is 0 Å². The van der Waals surface area contributed by atoms with Crippen LogP contribution in [-0.4, -0.2) is 15.9 Å². The molecule has 5 nitrogen and oxygen atoms in total. The Morgan fingerprint density at radius 3 is 2.42 bits per heavy atom. The van der Waals surface area contributed by atoms with E-state index >= 15 is 0 Å². The number of anilines is 1. The van der Waals surface area contributed by atoms with Crippen LogP contribution in [0.5, 0.6) is 0 Å². The molecule has 1 aromatic heterocycles. The third-order valence-corrected chi connectivity index (χ3v) is 3.47. The number of aromatic amines is 2. The monoisotopic (exact) mass is 335 g/mol. The molecule has 124 valence electrons. The average molecular weight is 335 g/mol. The number of carbonyl (C=O) groups excluding carboxylic acids is 1. The first-order valence-corrected chi connectivity index (χ1v) is 7.00. The highest BCUT2D eigenvalue weighted by Crippen LogP contribution is 2.29. The van der Waals surface area contributed by atoms with E-state index in [4.69, 9.17) is 0 Å². The summed E-state index contributed by atoms with van der Waals surface area (Å²) >= 11 is 0. The molecule has 3 N–H and O–H groups in total. The van der Waals surface area contributed by atoms with Crippen molar-refractivity contribution in [3.8, 4) is 0 Å². The van der Waals surface area contributed by atoms with Gasteiger partial charge in [-0.1, -0.05) is 18.2 Å². The van der Waals surface area contributed by atoms with Gasteiger partial charge < -0.3 is 15.3 Å². The van der Waals surface area contributed by atoms with Crippen molar-refractivity contribution < 1.29 is 18.0 Å². The van der Waals surface area contributed by atoms with Crippen LogP contribution in [0.4, 0.5) is 18.9 Å². The van der Waals surface area contributed by atoms with E-state index in [9.17, 15) is 22.8 Å². The number of aromatic nitrogens is 2. The summed E-state index contributed by atoms with van der Waals surface area (Å²) < 4.78 is 37.5. The van der Waals surface area contributed by atoms with Crippen LogP contribution < -0.4 is 11.0 Å². The quantitative estimate of drug-likeness (QED) is 0.688. The van der Waals surface area contributed by atoms with Crippen molar-refractivity contribution >= 4 is 22.6 Å². The SMILES string of the molecule is O=C(Cc1ccc(C(F)(F)F)cc1)Nc1cccc2[nH]c(=O)[nH]c12. The number of nitrogens with one attached hydrogen (secondary N) is 3. The second kappa shape index (κ2) is 5.88. The number of benzene rings is 2. The van der Waals surface area contributed by atoms with E-state index < -0.39 is 23.3 Å². The number of hydrogen-bond donors (Lipinski definition) is 3. The van der Waals surface area contributed by atoms with Crippen LogP contribution in [0, 0.1) is 0 Å². The molecular formula is C16H12F3N3O2. The largest absolute Gasteiger partial charge is 0.416 e. The predicted octanol–water partition coefficient (Wildman–Crippen LogP) is 3.06. The molecule has 8 heteroatoms. The van der Waals surface area contributed by atoms with Crippen LogP contribution in [0.3, 0.4) is 0 Å². The number of alkyl halides is 3. The third kappa shape index (κ3) is 3.32. The van der Waals surface area contributed by atoms with Crippen molar-refractivity contribution in [2.24, 2.45) is 0 Å². The topological polar surface area (TPSA) is 77.8 Å². The van der Waals surface area contributed by atoms with E-state index in [0.29, 0.717) is 22.3 Å². The lowest BCUT2D eigenvalue weighted by Crippen LogP contribution is -2.15. The summed E-state index contributed by atoms with van der Waals surface area (Å²) in [4.78, 5) is 28.5. The average Bonchev–Trinajstić information content (AvgIpc) is 2.88. The number of halogens is 3. The molecule has 0 saturated carbocycles. The van der Waals surface area contributed by atoms with Gasteiger partial charge >= 0.3 is 11.9 Å². The number of para-hydroxylation sites is 1. The summed E-state index contributed by atoms with van der Waals surface area (Å²) in [5, 5.41) is 2.64. The molecule has 0 aliphatic heterocycles. The maximum Gasteiger partial charge on any atom is 0.416 e. The highest BCUT2D eigenvalue weighted by molar-refractivity contribution is 6.00. The molecule has 0 atom stereocenters. The first-order chi connectivity index (χ1) is 11.3. The lowest BCUT2D eigenvalue weighted by Gasteiger charge is -2.08. The summed E-state index contributed by atoms with van der Waals surface area (Å²) in [6, 6.07) is 9.37. The number of amides is 1. The number of hydrogen-bond acceptors (Lipinski definition) is 2. The van der Waals surface area contributed by atoms with Gasteiger partial charge in [-0.3, -0.25) is 4.79 Å². The lowest BCUT2D eigenvalue weighted by atomic mass is 10.1. The van der Waals surface area contributed by atoms with Gasteiger partial charge in [0.15, 0.2) is 0 Å². The molecule has 2 aromatic carbocycles. The summed E-state index contributed by atoms with van der Waals surface area (Å²) in [6.07, 6.45) is -4.49. The van der Waals surface area contributed by atoms with E-state index in [1.807, 2.05) is 0 Å². The molecule has 1 amide bonds. The van der Waals surface area contributed by atoms with Crippen molar-refractivity contribution in [2.45, 2.75) is 12.6 Å². The number of H-pyrrole nitrogens is 2. The fourth-order valence-corrected chi connectivity index (χ4v) is 2.35. The molecule has 3 aromatic rings. The van der Waals surface area contributed by atoms with Gasteiger partial charge in [0, 0.05) is 0 Å². The van der Waals surface area contributed by atoms with Gasteiger partial charge in [-0.25, -0.2) is 4.79 Å². The molecule has 3 rings (SSSR count). The summed E-state index contributed by atoms with van der Waals surface area (Å²) in [5.41, 5.74) is 0.726. The minimum Gasteiger partial charge on any atom is -0.324 e. The smallest absolute Gasteiger partial charge is 0.324 e. The standard InChI is InChI=1S/C16H12F3N3O2/c17-16(18,19)10-6-4-9(5-7-10)8-13(23)20-11-2-1-3-12-14(11)22-15(24)21-12/h1-7H,8H2,(H,20,23)(H2,21,22,24). The Kier molecular flexibility index (Phi) is 3.88. The molecule has 0 saturated heterocycles. The molecule has 0 aliphatic rings. The Labute approximate surface area is 133 Å². The Balaban J connectivity index is 1.74. The number of fused-ring (bicyclic) bond motifs is 1. The van der Waals surface area contributed by atoms with Gasteiger partial charge in [0.1, 0.15) is 0 Å². The summed E-state index contributed by atoms with van der Waals surface area (Å²) in [6.45, 7) is 0. The zero-order valence-corrected chi connectivity index (χ0v) is 12.2. The van der Waals surface area contributed by atoms with Gasteiger partial charge in [-0.2, -0.15) is 13.2 Å². The lowest BCUT2D eigenvalue weighted by molar-refractivity contribution is -0.137. The van der Waals surface area contributed by atoms with E-state index in [1.165, 1.54) is 12.1 Å². The van der Waals surface area contributed by atoms with Gasteiger partial charge in [-0.05, 0) is 29.8 Å². The predicted molar refractivity (Wildman–Crippen MR) is 82.7 cm³/mol. The van der Waals surface area contributed by atoms with Crippen molar-refractivity contribution in [3.63, 3.8) is 0 Å². The Hall–Kier alpha value is -3.03. The Bertz CT molecular complexity index is 940. The molecule has 0 radical (unpaired) electrons. The van der Waals surface area contributed by atoms with E-state index in [-0.39, 0.29) is 6.42 Å². The summed E-state index contributed by atoms with van der Waals surface area (Å²) in [5.74, 6) is -0.399. The summed E-state index contributed by atoms with van der Waals surface area (Å²) in [7, 11) is 0. The molecule has 24 heavy (non-hydrogen) atoms. The Morgan fingerprint density at radius 1 is 1.04 bits per heavy atom. The van der Waals surface area contributed by atoms with Crippen molar-refractivity contribution in [3.05, 3.63) is 64.1 Å². The van der Waals surface area contributed by atoms with Gasteiger partial charge in [0.05, 0.1) is 28.7 Å². The van der Waals surface area contributed by atoms with Crippen LogP contribution in [0.1, 0.15) is 11.1 Å². The van der Waals surface area contributed by atoms with E-state index in [1.54, 1.807) is 18.2 Å². The molecule has 0 spiro atoms. The minimum atomic E-state index is -4.41. The second-order valence-electron chi connectivity index (χ2n) is 5.23. The van der Waals surface area contributed by atoms with E-state index in [2.05, 4.69) is 15.3 Å². The molecule has 0 aliphatic carbocycles. The highest BCUT2D eigenvalue weighted by atomic mass is 19.4. The number of carbonyl (C=O) groups is 1. The van der Waals surface area contributed by atoms with Gasteiger partial charge in [0.25, 0.3) is 0 Å². The van der Waals surface area contributed by atoms with Gasteiger partial charge in [0.2, 0.25) is 5.91 Å². The zero-order valence-electron chi connectivity index (χ0n) is 12.2. The van der Waals surface area contributed by atoms with Crippen molar-refractivity contribution in [2.75, 3.05) is 5.32 Å². The zero-order chi connectivity index (χ0) is 17.3. The second-order valence-corrected chi connectivity index (χ2v) is 5.23. The first-order valence-electron chi connectivity index (χ1n) is 7.00. The van der Waals surface area contributed by atoms with Crippen LogP contribution >= 0.6 is 0 Å². The normalized spacial score (nSPS) is 11.6. The Morgan fingerprint density at radius 2 is 1.75 bits per heavy atom.